The third kappa shape index (κ3) is 3.73. The fraction of sp³-hybridized carbons (Fsp3) is 0.333. The highest BCUT2D eigenvalue weighted by molar-refractivity contribution is 7.39. The zero-order chi connectivity index (χ0) is 5.70. The lowest BCUT2D eigenvalue weighted by Crippen LogP contribution is -1.70. The molecular formula is C3H7O3P. The Morgan fingerprint density at radius 1 is 2.00 bits per heavy atom. The topological polar surface area (TPSA) is 46.5 Å². The molecule has 1 unspecified atom stereocenters. The second-order valence-electron chi connectivity index (χ2n) is 0.956. The van der Waals surface area contributed by atoms with E-state index in [1.807, 2.05) is 0 Å². The van der Waals surface area contributed by atoms with Crippen LogP contribution in [-0.2, 0) is 9.24 Å². The van der Waals surface area contributed by atoms with Crippen LogP contribution < -0.4 is 0 Å². The molecular weight excluding hydrogens is 115 g/mol. The van der Waals surface area contributed by atoms with Gasteiger partial charge in [0.2, 0.25) is 8.03 Å². The van der Waals surface area contributed by atoms with Gasteiger partial charge in [-0.3, -0.25) is 4.57 Å². The lowest BCUT2D eigenvalue weighted by atomic mass is 10.8. The van der Waals surface area contributed by atoms with E-state index in [2.05, 4.69) is 11.3 Å². The summed E-state index contributed by atoms with van der Waals surface area (Å²) in [6.45, 7) is 3.28. The zero-order valence-electron chi connectivity index (χ0n) is 3.76. The molecule has 0 aliphatic rings. The maximum Gasteiger partial charge on any atom is 0.228 e. The van der Waals surface area contributed by atoms with Gasteiger partial charge in [0.15, 0.2) is 0 Å². The molecule has 1 atom stereocenters. The predicted octanol–water partition coefficient (Wildman–Crippen LogP) is 1.14. The molecule has 7 heavy (non-hydrogen) atoms. The summed E-state index contributed by atoms with van der Waals surface area (Å²) in [6.07, 6.45) is 1.67. The van der Waals surface area contributed by atoms with E-state index in [0.717, 1.165) is 0 Å². The Bertz CT molecular complexity index is 80.2. The Labute approximate surface area is 42.4 Å². The number of hydrogen-bond donors (Lipinski definition) is 1. The SMILES string of the molecule is C=CC[PH](=O)OO. The summed E-state index contributed by atoms with van der Waals surface area (Å²) in [6, 6.07) is 0. The number of allylic oxidation sites excluding steroid dienone is 1. The van der Waals surface area contributed by atoms with Gasteiger partial charge in [-0.25, -0.2) is 5.26 Å². The van der Waals surface area contributed by atoms with Crippen LogP contribution >= 0.6 is 8.03 Å². The molecule has 0 spiro atoms. The summed E-state index contributed by atoms with van der Waals surface area (Å²) in [5, 5.41) is 7.65. The minimum atomic E-state index is -2.19. The average molecular weight is 122 g/mol. The van der Waals surface area contributed by atoms with Crippen molar-refractivity contribution >= 4 is 8.03 Å². The van der Waals surface area contributed by atoms with Gasteiger partial charge in [-0.05, 0) is 0 Å². The Morgan fingerprint density at radius 2 is 2.57 bits per heavy atom. The first kappa shape index (κ1) is 6.89. The fourth-order valence-electron chi connectivity index (χ4n) is 0.155. The van der Waals surface area contributed by atoms with Gasteiger partial charge in [0.1, 0.15) is 0 Å². The maximum absolute atomic E-state index is 10.1. The first-order valence-electron chi connectivity index (χ1n) is 1.76. The molecule has 0 aromatic carbocycles. The molecule has 42 valence electrons. The summed E-state index contributed by atoms with van der Waals surface area (Å²) in [4.78, 5) is 0. The lowest BCUT2D eigenvalue weighted by Gasteiger charge is -1.86. The Hall–Kier alpha value is -0.110. The van der Waals surface area contributed by atoms with Crippen LogP contribution in [0.2, 0.25) is 0 Å². The maximum atomic E-state index is 10.1. The van der Waals surface area contributed by atoms with Crippen LogP contribution in [-0.4, -0.2) is 11.4 Å². The summed E-state index contributed by atoms with van der Waals surface area (Å²) < 4.78 is 13.5. The van der Waals surface area contributed by atoms with Crippen molar-refractivity contribution in [1.29, 1.82) is 0 Å². The van der Waals surface area contributed by atoms with Crippen LogP contribution in [0.4, 0.5) is 0 Å². The third-order valence-electron chi connectivity index (χ3n) is 0.413. The molecule has 0 aromatic heterocycles. The van der Waals surface area contributed by atoms with Gasteiger partial charge in [-0.15, -0.1) is 6.58 Å². The molecule has 0 amide bonds. The van der Waals surface area contributed by atoms with Crippen molar-refractivity contribution in [2.24, 2.45) is 0 Å². The van der Waals surface area contributed by atoms with E-state index < -0.39 is 8.03 Å². The van der Waals surface area contributed by atoms with Gasteiger partial charge in [0.05, 0.1) is 0 Å². The molecule has 0 aromatic rings. The molecule has 0 rings (SSSR count). The second kappa shape index (κ2) is 4.06. The van der Waals surface area contributed by atoms with E-state index in [4.69, 9.17) is 5.26 Å². The van der Waals surface area contributed by atoms with Gasteiger partial charge in [0.25, 0.3) is 0 Å². The van der Waals surface area contributed by atoms with Crippen LogP contribution in [0.3, 0.4) is 0 Å². The minimum Gasteiger partial charge on any atom is -0.293 e. The normalized spacial score (nSPS) is 13.3. The fourth-order valence-corrected chi connectivity index (χ4v) is 0.465. The van der Waals surface area contributed by atoms with Gasteiger partial charge >= 0.3 is 0 Å². The van der Waals surface area contributed by atoms with E-state index in [9.17, 15) is 4.57 Å². The highest BCUT2D eigenvalue weighted by Gasteiger charge is 1.88. The highest BCUT2D eigenvalue weighted by Crippen LogP contribution is 2.18. The van der Waals surface area contributed by atoms with Crippen molar-refractivity contribution in [2.75, 3.05) is 6.16 Å². The van der Waals surface area contributed by atoms with Crippen LogP contribution in [0.5, 0.6) is 0 Å². The Morgan fingerprint density at radius 3 is 2.71 bits per heavy atom. The summed E-state index contributed by atoms with van der Waals surface area (Å²) >= 11 is 0. The summed E-state index contributed by atoms with van der Waals surface area (Å²) in [5.41, 5.74) is 0. The van der Waals surface area contributed by atoms with Gasteiger partial charge < -0.3 is 0 Å². The Balaban J connectivity index is 3.17. The molecule has 0 radical (unpaired) electrons. The molecule has 0 heterocycles. The number of hydrogen-bond acceptors (Lipinski definition) is 3. The van der Waals surface area contributed by atoms with Crippen LogP contribution in [0, 0.1) is 0 Å². The smallest absolute Gasteiger partial charge is 0.228 e. The third-order valence-corrected chi connectivity index (χ3v) is 1.24. The largest absolute Gasteiger partial charge is 0.293 e. The van der Waals surface area contributed by atoms with Crippen molar-refractivity contribution in [3.05, 3.63) is 12.7 Å². The molecule has 3 nitrogen and oxygen atoms in total. The van der Waals surface area contributed by atoms with E-state index in [0.29, 0.717) is 0 Å². The zero-order valence-corrected chi connectivity index (χ0v) is 4.76. The van der Waals surface area contributed by atoms with Crippen molar-refractivity contribution in [3.8, 4) is 0 Å². The minimum absolute atomic E-state index is 0.237. The molecule has 4 heteroatoms. The van der Waals surface area contributed by atoms with Crippen LogP contribution in [0.25, 0.3) is 0 Å². The molecule has 0 bridgehead atoms. The molecule has 0 fully saturated rings. The molecule has 0 aliphatic carbocycles. The van der Waals surface area contributed by atoms with E-state index in [1.165, 1.54) is 6.08 Å². The standard InChI is InChI=1S/C3H7O3P/c1-2-3-7(5)6-4/h2,4,7H,1,3H2. The van der Waals surface area contributed by atoms with Crippen molar-refractivity contribution in [2.45, 2.75) is 0 Å². The molecule has 0 aliphatic heterocycles. The van der Waals surface area contributed by atoms with E-state index in [1.54, 1.807) is 0 Å². The van der Waals surface area contributed by atoms with E-state index >= 15 is 0 Å². The number of rotatable bonds is 3. The average Bonchev–Trinajstić information content (AvgIpc) is 1.68. The van der Waals surface area contributed by atoms with Gasteiger partial charge in [-0.2, -0.15) is 4.67 Å². The summed E-state index contributed by atoms with van der Waals surface area (Å²) in [5.74, 6) is 0. The predicted molar refractivity (Wildman–Crippen MR) is 27.8 cm³/mol. The van der Waals surface area contributed by atoms with Gasteiger partial charge in [-0.1, -0.05) is 6.08 Å². The Kier molecular flexibility index (Phi) is 4.00. The monoisotopic (exact) mass is 122 g/mol. The van der Waals surface area contributed by atoms with Crippen molar-refractivity contribution < 1.29 is 14.5 Å². The molecule has 1 N–H and O–H groups in total. The lowest BCUT2D eigenvalue weighted by molar-refractivity contribution is -0.129. The molecule has 0 saturated carbocycles. The van der Waals surface area contributed by atoms with Crippen molar-refractivity contribution in [1.82, 2.24) is 0 Å². The van der Waals surface area contributed by atoms with Gasteiger partial charge in [0, 0.05) is 6.16 Å². The second-order valence-corrected chi connectivity index (χ2v) is 2.29. The first-order valence-corrected chi connectivity index (χ1v) is 3.28. The highest BCUT2D eigenvalue weighted by atomic mass is 31.1. The quantitative estimate of drug-likeness (QED) is 0.264. The van der Waals surface area contributed by atoms with Crippen molar-refractivity contribution in [3.63, 3.8) is 0 Å². The first-order chi connectivity index (χ1) is 3.31. The molecule has 0 saturated heterocycles. The van der Waals surface area contributed by atoms with Crippen LogP contribution in [0.1, 0.15) is 0 Å². The van der Waals surface area contributed by atoms with Crippen LogP contribution in [0.15, 0.2) is 12.7 Å². The van der Waals surface area contributed by atoms with E-state index in [-0.39, 0.29) is 6.16 Å². The summed E-state index contributed by atoms with van der Waals surface area (Å²) in [7, 11) is -2.19.